The third kappa shape index (κ3) is 3.01. The highest BCUT2D eigenvalue weighted by molar-refractivity contribution is 5.99. The molecule has 1 aromatic heterocycles. The highest BCUT2D eigenvalue weighted by atomic mass is 16.1. The Bertz CT molecular complexity index is 901. The molecule has 0 aliphatic carbocycles. The molecule has 1 amide bonds. The van der Waals surface area contributed by atoms with Gasteiger partial charge in [0.2, 0.25) is 5.91 Å². The van der Waals surface area contributed by atoms with Crippen LogP contribution in [0.25, 0.3) is 11.1 Å². The second kappa shape index (κ2) is 6.43. The fourth-order valence-corrected chi connectivity index (χ4v) is 3.17. The summed E-state index contributed by atoms with van der Waals surface area (Å²) in [6.45, 7) is 2.76. The number of aromatic nitrogens is 2. The molecule has 3 aromatic rings. The second-order valence-electron chi connectivity index (χ2n) is 6.25. The van der Waals surface area contributed by atoms with Gasteiger partial charge in [-0.05, 0) is 18.6 Å². The smallest absolute Gasteiger partial charge is 0.226 e. The molecule has 1 aliphatic heterocycles. The van der Waals surface area contributed by atoms with Crippen LogP contribution in [0.15, 0.2) is 60.9 Å². The molecule has 0 saturated heterocycles. The summed E-state index contributed by atoms with van der Waals surface area (Å²) >= 11 is 0. The normalized spacial score (nSPS) is 14.8. The van der Waals surface area contributed by atoms with Crippen LogP contribution in [0.5, 0.6) is 0 Å². The van der Waals surface area contributed by atoms with Crippen LogP contribution in [-0.4, -0.2) is 22.2 Å². The summed E-state index contributed by atoms with van der Waals surface area (Å²) in [5.74, 6) is 0.0387. The maximum atomic E-state index is 11.8. The van der Waals surface area contributed by atoms with Crippen LogP contribution < -0.4 is 10.6 Å². The summed E-state index contributed by atoms with van der Waals surface area (Å²) in [6, 6.07) is 16.4. The number of rotatable bonds is 3. The van der Waals surface area contributed by atoms with Crippen molar-refractivity contribution in [3.63, 3.8) is 0 Å². The van der Waals surface area contributed by atoms with Crippen LogP contribution >= 0.6 is 0 Å². The molecule has 126 valence electrons. The molecule has 2 aromatic carbocycles. The van der Waals surface area contributed by atoms with E-state index in [1.807, 2.05) is 41.2 Å². The fraction of sp³-hybridized carbons (Fsp3) is 0.200. The summed E-state index contributed by atoms with van der Waals surface area (Å²) in [5, 5.41) is 10.9. The molecule has 0 saturated carbocycles. The minimum Gasteiger partial charge on any atom is -0.382 e. The lowest BCUT2D eigenvalue weighted by atomic mass is 10.1. The Morgan fingerprint density at radius 2 is 1.96 bits per heavy atom. The van der Waals surface area contributed by atoms with E-state index < -0.39 is 0 Å². The van der Waals surface area contributed by atoms with E-state index in [9.17, 15) is 4.79 Å². The van der Waals surface area contributed by atoms with Gasteiger partial charge in [-0.15, -0.1) is 0 Å². The van der Waals surface area contributed by atoms with Crippen molar-refractivity contribution in [2.45, 2.75) is 19.4 Å². The first-order chi connectivity index (χ1) is 12.2. The van der Waals surface area contributed by atoms with Gasteiger partial charge in [-0.25, -0.2) is 0 Å². The van der Waals surface area contributed by atoms with Gasteiger partial charge in [0.05, 0.1) is 23.6 Å². The molecule has 4 rings (SSSR count). The number of hydrogen-bond donors (Lipinski definition) is 2. The fourth-order valence-electron chi connectivity index (χ4n) is 3.17. The Balaban J connectivity index is 1.69. The third-order valence-corrected chi connectivity index (χ3v) is 4.58. The SMILES string of the molecule is CC(c1ccccc1)n1cc(-c2cccc3c2NCCC(=O)N3)cn1. The van der Waals surface area contributed by atoms with Crippen molar-refractivity contribution in [3.8, 4) is 11.1 Å². The Morgan fingerprint density at radius 1 is 1.12 bits per heavy atom. The van der Waals surface area contributed by atoms with Crippen molar-refractivity contribution in [2.24, 2.45) is 0 Å². The summed E-state index contributed by atoms with van der Waals surface area (Å²) < 4.78 is 1.97. The maximum absolute atomic E-state index is 11.8. The number of hydrogen-bond acceptors (Lipinski definition) is 3. The minimum atomic E-state index is 0.0387. The molecule has 2 heterocycles. The zero-order valence-corrected chi connectivity index (χ0v) is 14.1. The molecule has 5 heteroatoms. The van der Waals surface area contributed by atoms with E-state index in [1.54, 1.807) is 0 Å². The van der Waals surface area contributed by atoms with Gasteiger partial charge in [-0.2, -0.15) is 5.10 Å². The number of carbonyl (C=O) groups is 1. The van der Waals surface area contributed by atoms with Gasteiger partial charge < -0.3 is 10.6 Å². The number of anilines is 2. The van der Waals surface area contributed by atoms with Crippen LogP contribution in [0.4, 0.5) is 11.4 Å². The highest BCUT2D eigenvalue weighted by Gasteiger charge is 2.17. The first-order valence-corrected chi connectivity index (χ1v) is 8.48. The van der Waals surface area contributed by atoms with Crippen molar-refractivity contribution in [3.05, 3.63) is 66.5 Å². The summed E-state index contributed by atoms with van der Waals surface area (Å²) in [4.78, 5) is 11.8. The number of carbonyl (C=O) groups excluding carboxylic acids is 1. The molecule has 0 fully saturated rings. The van der Waals surface area contributed by atoms with E-state index in [1.165, 1.54) is 5.56 Å². The number of nitrogens with zero attached hydrogens (tertiary/aromatic N) is 2. The van der Waals surface area contributed by atoms with E-state index in [0.717, 1.165) is 22.5 Å². The molecule has 1 atom stereocenters. The molecule has 0 radical (unpaired) electrons. The molecule has 5 nitrogen and oxygen atoms in total. The van der Waals surface area contributed by atoms with Crippen molar-refractivity contribution < 1.29 is 4.79 Å². The second-order valence-corrected chi connectivity index (χ2v) is 6.25. The number of fused-ring (bicyclic) bond motifs is 1. The highest BCUT2D eigenvalue weighted by Crippen LogP contribution is 2.35. The molecular formula is C20H20N4O. The molecular weight excluding hydrogens is 312 g/mol. The standard InChI is InChI=1S/C20H20N4O/c1-14(15-6-3-2-4-7-15)24-13-16(12-22-24)17-8-5-9-18-20(17)21-11-10-19(25)23-18/h2-9,12-14,21H,10-11H2,1H3,(H,23,25). The van der Waals surface area contributed by atoms with E-state index >= 15 is 0 Å². The van der Waals surface area contributed by atoms with Crippen LogP contribution in [-0.2, 0) is 4.79 Å². The Morgan fingerprint density at radius 3 is 2.80 bits per heavy atom. The predicted octanol–water partition coefficient (Wildman–Crippen LogP) is 3.91. The average Bonchev–Trinajstić information content (AvgIpc) is 3.04. The molecule has 1 unspecified atom stereocenters. The van der Waals surface area contributed by atoms with Gasteiger partial charge in [0, 0.05) is 30.3 Å². The summed E-state index contributed by atoms with van der Waals surface area (Å²) in [5.41, 5.74) is 5.08. The van der Waals surface area contributed by atoms with Crippen molar-refractivity contribution in [2.75, 3.05) is 17.2 Å². The van der Waals surface area contributed by atoms with Gasteiger partial charge in [0.15, 0.2) is 0 Å². The lowest BCUT2D eigenvalue weighted by Crippen LogP contribution is -2.10. The Hall–Kier alpha value is -3.08. The molecule has 0 bridgehead atoms. The summed E-state index contributed by atoms with van der Waals surface area (Å²) in [6.07, 6.45) is 4.41. The van der Waals surface area contributed by atoms with Crippen molar-refractivity contribution >= 4 is 17.3 Å². The lowest BCUT2D eigenvalue weighted by Gasteiger charge is -2.13. The molecule has 25 heavy (non-hydrogen) atoms. The van der Waals surface area contributed by atoms with E-state index in [2.05, 4.69) is 47.1 Å². The van der Waals surface area contributed by atoms with Gasteiger partial charge in [0.1, 0.15) is 0 Å². The zero-order valence-electron chi connectivity index (χ0n) is 14.1. The topological polar surface area (TPSA) is 59.0 Å². The monoisotopic (exact) mass is 332 g/mol. The number of nitrogens with one attached hydrogen (secondary N) is 2. The van der Waals surface area contributed by atoms with Crippen molar-refractivity contribution in [1.82, 2.24) is 9.78 Å². The van der Waals surface area contributed by atoms with Gasteiger partial charge in [-0.3, -0.25) is 9.48 Å². The molecule has 0 spiro atoms. The van der Waals surface area contributed by atoms with Crippen LogP contribution in [0.2, 0.25) is 0 Å². The van der Waals surface area contributed by atoms with Gasteiger partial charge >= 0.3 is 0 Å². The van der Waals surface area contributed by atoms with E-state index in [4.69, 9.17) is 0 Å². The number of amides is 1. The maximum Gasteiger partial charge on any atom is 0.226 e. The van der Waals surface area contributed by atoms with Gasteiger partial charge in [-0.1, -0.05) is 42.5 Å². The predicted molar refractivity (Wildman–Crippen MR) is 99.7 cm³/mol. The van der Waals surface area contributed by atoms with Crippen LogP contribution in [0.3, 0.4) is 0 Å². The first kappa shape index (κ1) is 15.4. The van der Waals surface area contributed by atoms with Crippen molar-refractivity contribution in [1.29, 1.82) is 0 Å². The minimum absolute atomic E-state index is 0.0387. The van der Waals surface area contributed by atoms with Crippen LogP contribution in [0.1, 0.15) is 24.9 Å². The van der Waals surface area contributed by atoms with Gasteiger partial charge in [0.25, 0.3) is 0 Å². The number of benzene rings is 2. The summed E-state index contributed by atoms with van der Waals surface area (Å²) in [7, 11) is 0. The molecule has 1 aliphatic rings. The quantitative estimate of drug-likeness (QED) is 0.764. The first-order valence-electron chi connectivity index (χ1n) is 8.48. The largest absolute Gasteiger partial charge is 0.382 e. The molecule has 2 N–H and O–H groups in total. The van der Waals surface area contributed by atoms with E-state index in [-0.39, 0.29) is 11.9 Å². The third-order valence-electron chi connectivity index (χ3n) is 4.58. The zero-order chi connectivity index (χ0) is 17.2. The Labute approximate surface area is 146 Å². The van der Waals surface area contributed by atoms with E-state index in [0.29, 0.717) is 13.0 Å². The number of para-hydroxylation sites is 1. The lowest BCUT2D eigenvalue weighted by molar-refractivity contribution is -0.115. The average molecular weight is 332 g/mol. The van der Waals surface area contributed by atoms with Crippen LogP contribution in [0, 0.1) is 0 Å². The Kier molecular flexibility index (Phi) is 3.98.